The number of ether oxygens (including phenoxy) is 5. The van der Waals surface area contributed by atoms with Crippen molar-refractivity contribution in [1.29, 1.82) is 0 Å². The van der Waals surface area contributed by atoms with E-state index in [9.17, 15) is 9.59 Å². The lowest BCUT2D eigenvalue weighted by Crippen LogP contribution is -2.17. The van der Waals surface area contributed by atoms with Crippen molar-refractivity contribution in [2.45, 2.75) is 6.42 Å². The summed E-state index contributed by atoms with van der Waals surface area (Å²) in [5, 5.41) is 0. The third kappa shape index (κ3) is 4.49. The molecule has 142 valence electrons. The summed E-state index contributed by atoms with van der Waals surface area (Å²) in [4.78, 5) is 24.3. The van der Waals surface area contributed by atoms with Crippen LogP contribution in [0.1, 0.15) is 15.9 Å². The summed E-state index contributed by atoms with van der Waals surface area (Å²) in [6.07, 6.45) is 0.0376. The molecule has 0 saturated carbocycles. The highest BCUT2D eigenvalue weighted by atomic mass is 16.6. The number of benzene rings is 2. The number of methoxy groups -OCH3 is 2. The fourth-order valence-electron chi connectivity index (χ4n) is 2.65. The number of Topliss-reactive ketones (excluding diaryl/α,β-unsaturated/α-hetero) is 1. The highest BCUT2D eigenvalue weighted by Crippen LogP contribution is 2.31. The largest absolute Gasteiger partial charge is 0.493 e. The van der Waals surface area contributed by atoms with Crippen LogP contribution in [0.15, 0.2) is 36.4 Å². The summed E-state index contributed by atoms with van der Waals surface area (Å²) in [5.41, 5.74) is 1.10. The van der Waals surface area contributed by atoms with Crippen LogP contribution in [0, 0.1) is 0 Å². The average molecular weight is 372 g/mol. The molecule has 0 unspecified atom stereocenters. The number of carbonyl (C=O) groups excluding carboxylic acids is 2. The first-order valence-corrected chi connectivity index (χ1v) is 8.40. The molecule has 0 aromatic heterocycles. The molecule has 1 aliphatic rings. The number of ketones is 1. The predicted octanol–water partition coefficient (Wildman–Crippen LogP) is 2.44. The van der Waals surface area contributed by atoms with Gasteiger partial charge in [-0.1, -0.05) is 6.07 Å². The predicted molar refractivity (Wildman–Crippen MR) is 96.0 cm³/mol. The van der Waals surface area contributed by atoms with E-state index >= 15 is 0 Å². The molecule has 0 fully saturated rings. The van der Waals surface area contributed by atoms with Crippen molar-refractivity contribution in [1.82, 2.24) is 0 Å². The molecule has 2 aromatic rings. The minimum absolute atomic E-state index is 0.0376. The molecule has 0 atom stereocenters. The Labute approximate surface area is 156 Å². The van der Waals surface area contributed by atoms with Gasteiger partial charge in [0.15, 0.2) is 35.4 Å². The van der Waals surface area contributed by atoms with E-state index in [-0.39, 0.29) is 18.8 Å². The molecule has 27 heavy (non-hydrogen) atoms. The molecule has 7 nitrogen and oxygen atoms in total. The summed E-state index contributed by atoms with van der Waals surface area (Å²) in [6.45, 7) is 0.631. The van der Waals surface area contributed by atoms with Gasteiger partial charge >= 0.3 is 5.97 Å². The standard InChI is InChI=1S/C20H20O7/c1-23-16-6-4-14(11-18(16)24-2)15(21)12-27-20(22)10-13-3-5-17-19(9-13)26-8-7-25-17/h3-6,9,11H,7-8,10,12H2,1-2H3. The van der Waals surface area contributed by atoms with E-state index < -0.39 is 5.97 Å². The molecule has 0 bridgehead atoms. The van der Waals surface area contributed by atoms with Crippen molar-refractivity contribution < 1.29 is 33.3 Å². The van der Waals surface area contributed by atoms with Crippen molar-refractivity contribution in [3.63, 3.8) is 0 Å². The Kier molecular flexibility index (Phi) is 5.80. The highest BCUT2D eigenvalue weighted by molar-refractivity contribution is 5.98. The van der Waals surface area contributed by atoms with Crippen LogP contribution in [0.2, 0.25) is 0 Å². The molecule has 1 heterocycles. The number of fused-ring (bicyclic) bond motifs is 1. The molecule has 0 radical (unpaired) electrons. The molecule has 3 rings (SSSR count). The van der Waals surface area contributed by atoms with Crippen LogP contribution in [-0.2, 0) is 16.0 Å². The maximum Gasteiger partial charge on any atom is 0.310 e. The van der Waals surface area contributed by atoms with E-state index in [1.54, 1.807) is 36.4 Å². The maximum atomic E-state index is 12.3. The van der Waals surface area contributed by atoms with Gasteiger partial charge in [0.2, 0.25) is 0 Å². The first-order chi connectivity index (χ1) is 13.1. The van der Waals surface area contributed by atoms with E-state index in [2.05, 4.69) is 0 Å². The molecule has 0 spiro atoms. The Bertz CT molecular complexity index is 844. The molecule has 1 aliphatic heterocycles. The van der Waals surface area contributed by atoms with Gasteiger partial charge in [-0.3, -0.25) is 9.59 Å². The lowest BCUT2D eigenvalue weighted by atomic mass is 10.1. The van der Waals surface area contributed by atoms with Gasteiger partial charge in [-0.2, -0.15) is 0 Å². The van der Waals surface area contributed by atoms with E-state index in [4.69, 9.17) is 23.7 Å². The summed E-state index contributed by atoms with van der Waals surface area (Å²) >= 11 is 0. The Morgan fingerprint density at radius 3 is 2.41 bits per heavy atom. The number of rotatable bonds is 7. The zero-order valence-electron chi connectivity index (χ0n) is 15.2. The van der Waals surface area contributed by atoms with Crippen molar-refractivity contribution in [3.8, 4) is 23.0 Å². The summed E-state index contributed by atoms with van der Waals surface area (Å²) in [7, 11) is 3.00. The molecular weight excluding hydrogens is 352 g/mol. The van der Waals surface area contributed by atoms with Gasteiger partial charge in [0.1, 0.15) is 13.2 Å². The maximum absolute atomic E-state index is 12.3. The molecule has 7 heteroatoms. The Hall–Kier alpha value is -3.22. The fourth-order valence-corrected chi connectivity index (χ4v) is 2.65. The number of hydrogen-bond donors (Lipinski definition) is 0. The molecule has 0 saturated heterocycles. The second-order valence-corrected chi connectivity index (χ2v) is 5.81. The van der Waals surface area contributed by atoms with Crippen LogP contribution in [0.3, 0.4) is 0 Å². The van der Waals surface area contributed by atoms with Crippen LogP contribution in [-0.4, -0.2) is 45.8 Å². The number of carbonyl (C=O) groups is 2. The zero-order valence-corrected chi connectivity index (χ0v) is 15.2. The molecular formula is C20H20O7. The van der Waals surface area contributed by atoms with Crippen LogP contribution in [0.25, 0.3) is 0 Å². The topological polar surface area (TPSA) is 80.3 Å². The van der Waals surface area contributed by atoms with Crippen molar-refractivity contribution in [2.75, 3.05) is 34.0 Å². The Morgan fingerprint density at radius 1 is 0.926 bits per heavy atom. The van der Waals surface area contributed by atoms with E-state index in [1.807, 2.05) is 0 Å². The SMILES string of the molecule is COc1ccc(C(=O)COC(=O)Cc2ccc3c(c2)OCCO3)cc1OC. The van der Waals surface area contributed by atoms with Gasteiger partial charge in [0.05, 0.1) is 20.6 Å². The molecule has 0 aliphatic carbocycles. The Morgan fingerprint density at radius 2 is 1.67 bits per heavy atom. The first-order valence-electron chi connectivity index (χ1n) is 8.40. The minimum atomic E-state index is -0.500. The summed E-state index contributed by atoms with van der Waals surface area (Å²) < 4.78 is 26.3. The quantitative estimate of drug-likeness (QED) is 0.545. The second-order valence-electron chi connectivity index (χ2n) is 5.81. The van der Waals surface area contributed by atoms with Gasteiger partial charge < -0.3 is 23.7 Å². The van der Waals surface area contributed by atoms with Crippen LogP contribution in [0.5, 0.6) is 23.0 Å². The lowest BCUT2D eigenvalue weighted by Gasteiger charge is -2.18. The average Bonchev–Trinajstić information content (AvgIpc) is 2.71. The second kappa shape index (κ2) is 8.44. The van der Waals surface area contributed by atoms with Gasteiger partial charge in [-0.25, -0.2) is 0 Å². The van der Waals surface area contributed by atoms with Crippen LogP contribution >= 0.6 is 0 Å². The molecule has 0 N–H and O–H groups in total. The van der Waals surface area contributed by atoms with E-state index in [0.29, 0.717) is 41.8 Å². The van der Waals surface area contributed by atoms with Gasteiger partial charge in [0.25, 0.3) is 0 Å². The van der Waals surface area contributed by atoms with Crippen molar-refractivity contribution in [2.24, 2.45) is 0 Å². The van der Waals surface area contributed by atoms with Crippen molar-refractivity contribution in [3.05, 3.63) is 47.5 Å². The van der Waals surface area contributed by atoms with Gasteiger partial charge in [-0.15, -0.1) is 0 Å². The molecule has 0 amide bonds. The number of esters is 1. The third-order valence-corrected chi connectivity index (χ3v) is 4.02. The minimum Gasteiger partial charge on any atom is -0.493 e. The fraction of sp³-hybridized carbons (Fsp3) is 0.300. The van der Waals surface area contributed by atoms with Crippen LogP contribution in [0.4, 0.5) is 0 Å². The summed E-state index contributed by atoms with van der Waals surface area (Å²) in [6, 6.07) is 10.0. The number of hydrogen-bond acceptors (Lipinski definition) is 7. The Balaban J connectivity index is 1.56. The summed E-state index contributed by atoms with van der Waals surface area (Å²) in [5.74, 6) is 1.39. The third-order valence-electron chi connectivity index (χ3n) is 4.02. The van der Waals surface area contributed by atoms with E-state index in [0.717, 1.165) is 5.56 Å². The molecule has 2 aromatic carbocycles. The first kappa shape index (κ1) is 18.6. The smallest absolute Gasteiger partial charge is 0.310 e. The normalized spacial score (nSPS) is 12.2. The van der Waals surface area contributed by atoms with Crippen LogP contribution < -0.4 is 18.9 Å². The van der Waals surface area contributed by atoms with Crippen molar-refractivity contribution >= 4 is 11.8 Å². The zero-order chi connectivity index (χ0) is 19.2. The van der Waals surface area contributed by atoms with Gasteiger partial charge in [0, 0.05) is 5.56 Å². The lowest BCUT2D eigenvalue weighted by molar-refractivity contribution is -0.141. The highest BCUT2D eigenvalue weighted by Gasteiger charge is 2.16. The van der Waals surface area contributed by atoms with Gasteiger partial charge in [-0.05, 0) is 35.9 Å². The van der Waals surface area contributed by atoms with E-state index in [1.165, 1.54) is 14.2 Å². The monoisotopic (exact) mass is 372 g/mol.